The maximum Gasteiger partial charge on any atom is 0.0484 e. The number of nitrogens with two attached hydrogens (primary N) is 1. The van der Waals surface area contributed by atoms with Gasteiger partial charge in [-0.15, -0.1) is 0 Å². The number of allylic oxidation sites excluding steroid dienone is 2. The molecule has 1 atom stereocenters. The Morgan fingerprint density at radius 3 is 2.50 bits per heavy atom. The Bertz CT molecular complexity index is 262. The third-order valence-electron chi connectivity index (χ3n) is 1.64. The fourth-order valence-electron chi connectivity index (χ4n) is 0.985. The zero-order valence-electron chi connectivity index (χ0n) is 6.98. The van der Waals surface area contributed by atoms with E-state index in [1.165, 1.54) is 0 Å². The van der Waals surface area contributed by atoms with Gasteiger partial charge in [0, 0.05) is 6.04 Å². The van der Waals surface area contributed by atoms with Crippen LogP contribution in [0.2, 0.25) is 0 Å². The second-order valence-electron chi connectivity index (χ2n) is 2.56. The smallest absolute Gasteiger partial charge is 0.0484 e. The van der Waals surface area contributed by atoms with E-state index in [0.717, 1.165) is 5.56 Å². The lowest BCUT2D eigenvalue weighted by Crippen LogP contribution is -2.05. The van der Waals surface area contributed by atoms with Gasteiger partial charge < -0.3 is 5.73 Å². The van der Waals surface area contributed by atoms with E-state index in [0.29, 0.717) is 0 Å². The van der Waals surface area contributed by atoms with Gasteiger partial charge in [0.15, 0.2) is 0 Å². The molecule has 12 heavy (non-hydrogen) atoms. The van der Waals surface area contributed by atoms with Crippen molar-refractivity contribution in [1.82, 2.24) is 0 Å². The highest BCUT2D eigenvalue weighted by Crippen LogP contribution is 2.09. The lowest BCUT2D eigenvalue weighted by Gasteiger charge is -2.04. The second kappa shape index (κ2) is 4.52. The van der Waals surface area contributed by atoms with Gasteiger partial charge in [-0.05, 0) is 5.56 Å². The molecule has 1 aromatic rings. The fraction of sp³-hybridized carbons (Fsp3) is 0.0909. The van der Waals surface area contributed by atoms with Crippen molar-refractivity contribution < 1.29 is 0 Å². The van der Waals surface area contributed by atoms with Crippen molar-refractivity contribution in [2.24, 2.45) is 5.73 Å². The monoisotopic (exact) mass is 159 g/mol. The standard InChI is InChI=1S/C11H13N/c1-2-3-9-11(12)10-7-5-4-6-8-10/h2-9,11H,1,12H2/b9-3-. The molecule has 1 heteroatoms. The fourth-order valence-corrected chi connectivity index (χ4v) is 0.985. The summed E-state index contributed by atoms with van der Waals surface area (Å²) >= 11 is 0. The molecule has 1 unspecified atom stereocenters. The van der Waals surface area contributed by atoms with E-state index < -0.39 is 0 Å². The van der Waals surface area contributed by atoms with Gasteiger partial charge >= 0.3 is 0 Å². The van der Waals surface area contributed by atoms with Crippen LogP contribution < -0.4 is 5.73 Å². The van der Waals surface area contributed by atoms with Gasteiger partial charge in [-0.25, -0.2) is 0 Å². The van der Waals surface area contributed by atoms with E-state index in [4.69, 9.17) is 5.73 Å². The Morgan fingerprint density at radius 2 is 1.92 bits per heavy atom. The molecule has 1 aromatic carbocycles. The molecule has 62 valence electrons. The van der Waals surface area contributed by atoms with Gasteiger partial charge in [-0.1, -0.05) is 55.1 Å². The molecule has 0 amide bonds. The summed E-state index contributed by atoms with van der Waals surface area (Å²) in [5, 5.41) is 0. The molecule has 0 saturated carbocycles. The molecule has 1 rings (SSSR count). The lowest BCUT2D eigenvalue weighted by molar-refractivity contribution is 0.911. The normalized spacial score (nSPS) is 13.1. The van der Waals surface area contributed by atoms with Crippen molar-refractivity contribution in [3.63, 3.8) is 0 Å². The van der Waals surface area contributed by atoms with E-state index >= 15 is 0 Å². The molecule has 0 radical (unpaired) electrons. The lowest BCUT2D eigenvalue weighted by atomic mass is 10.1. The Kier molecular flexibility index (Phi) is 3.30. The summed E-state index contributed by atoms with van der Waals surface area (Å²) in [5.74, 6) is 0. The Hall–Kier alpha value is -1.34. The van der Waals surface area contributed by atoms with E-state index in [1.807, 2.05) is 42.5 Å². The first-order chi connectivity index (χ1) is 5.84. The molecule has 0 heterocycles. The molecule has 1 nitrogen and oxygen atoms in total. The van der Waals surface area contributed by atoms with Crippen LogP contribution in [0, 0.1) is 0 Å². The Labute approximate surface area is 73.2 Å². The number of hydrogen-bond acceptors (Lipinski definition) is 1. The summed E-state index contributed by atoms with van der Waals surface area (Å²) in [7, 11) is 0. The molecule has 2 N–H and O–H groups in total. The summed E-state index contributed by atoms with van der Waals surface area (Å²) in [6, 6.07) is 9.95. The van der Waals surface area contributed by atoms with Gasteiger partial charge in [0.2, 0.25) is 0 Å². The summed E-state index contributed by atoms with van der Waals surface area (Å²) in [6.45, 7) is 3.58. The van der Waals surface area contributed by atoms with E-state index in [-0.39, 0.29) is 6.04 Å². The quantitative estimate of drug-likeness (QED) is 0.673. The first-order valence-electron chi connectivity index (χ1n) is 3.94. The van der Waals surface area contributed by atoms with E-state index in [1.54, 1.807) is 6.08 Å². The molecule has 0 bridgehead atoms. The highest BCUT2D eigenvalue weighted by molar-refractivity contribution is 5.23. The Morgan fingerprint density at radius 1 is 1.25 bits per heavy atom. The maximum atomic E-state index is 5.85. The van der Waals surface area contributed by atoms with Crippen molar-refractivity contribution >= 4 is 0 Å². The zero-order chi connectivity index (χ0) is 8.81. The molecular formula is C11H13N. The third-order valence-corrected chi connectivity index (χ3v) is 1.64. The number of rotatable bonds is 3. The molecule has 0 aromatic heterocycles. The molecule has 0 saturated heterocycles. The molecule has 0 spiro atoms. The van der Waals surface area contributed by atoms with Gasteiger partial charge in [-0.2, -0.15) is 0 Å². The first-order valence-corrected chi connectivity index (χ1v) is 3.94. The largest absolute Gasteiger partial charge is 0.321 e. The predicted molar refractivity (Wildman–Crippen MR) is 52.7 cm³/mol. The minimum Gasteiger partial charge on any atom is -0.321 e. The van der Waals surface area contributed by atoms with Crippen LogP contribution in [0.4, 0.5) is 0 Å². The van der Waals surface area contributed by atoms with E-state index in [9.17, 15) is 0 Å². The highest BCUT2D eigenvalue weighted by atomic mass is 14.6. The molecule has 0 fully saturated rings. The first kappa shape index (κ1) is 8.75. The van der Waals surface area contributed by atoms with Crippen molar-refractivity contribution in [3.05, 3.63) is 60.7 Å². The molecule has 0 aliphatic heterocycles. The van der Waals surface area contributed by atoms with Crippen LogP contribution in [0.25, 0.3) is 0 Å². The van der Waals surface area contributed by atoms with Crippen LogP contribution >= 0.6 is 0 Å². The minimum absolute atomic E-state index is 0.0239. The van der Waals surface area contributed by atoms with Crippen molar-refractivity contribution in [3.8, 4) is 0 Å². The van der Waals surface area contributed by atoms with Crippen molar-refractivity contribution in [2.45, 2.75) is 6.04 Å². The summed E-state index contributed by atoms with van der Waals surface area (Å²) in [4.78, 5) is 0. The average molecular weight is 159 g/mol. The summed E-state index contributed by atoms with van der Waals surface area (Å²) in [5.41, 5.74) is 6.97. The van der Waals surface area contributed by atoms with Gasteiger partial charge in [0.25, 0.3) is 0 Å². The number of benzene rings is 1. The van der Waals surface area contributed by atoms with Crippen molar-refractivity contribution in [1.29, 1.82) is 0 Å². The number of hydrogen-bond donors (Lipinski definition) is 1. The van der Waals surface area contributed by atoms with Crippen LogP contribution in [0.1, 0.15) is 11.6 Å². The minimum atomic E-state index is -0.0239. The van der Waals surface area contributed by atoms with Gasteiger partial charge in [0.05, 0.1) is 0 Å². The third kappa shape index (κ3) is 2.36. The van der Waals surface area contributed by atoms with Crippen LogP contribution in [-0.2, 0) is 0 Å². The van der Waals surface area contributed by atoms with Crippen molar-refractivity contribution in [2.75, 3.05) is 0 Å². The van der Waals surface area contributed by atoms with Crippen LogP contribution in [0.5, 0.6) is 0 Å². The van der Waals surface area contributed by atoms with Crippen LogP contribution in [-0.4, -0.2) is 0 Å². The zero-order valence-corrected chi connectivity index (χ0v) is 6.98. The maximum absolute atomic E-state index is 5.85. The van der Waals surface area contributed by atoms with Gasteiger partial charge in [0.1, 0.15) is 0 Å². The average Bonchev–Trinajstić information content (AvgIpc) is 2.15. The SMILES string of the molecule is C=C/C=C\C(N)c1ccccc1. The molecular weight excluding hydrogens is 146 g/mol. The molecule has 0 aliphatic rings. The molecule has 0 aliphatic carbocycles. The van der Waals surface area contributed by atoms with Crippen LogP contribution in [0.3, 0.4) is 0 Å². The van der Waals surface area contributed by atoms with Gasteiger partial charge in [-0.3, -0.25) is 0 Å². The topological polar surface area (TPSA) is 26.0 Å². The summed E-state index contributed by atoms with van der Waals surface area (Å²) in [6.07, 6.45) is 5.50. The predicted octanol–water partition coefficient (Wildman–Crippen LogP) is 2.43. The Balaban J connectivity index is 2.71. The second-order valence-corrected chi connectivity index (χ2v) is 2.56. The summed E-state index contributed by atoms with van der Waals surface area (Å²) < 4.78 is 0. The van der Waals surface area contributed by atoms with Crippen LogP contribution in [0.15, 0.2) is 55.1 Å². The van der Waals surface area contributed by atoms with E-state index in [2.05, 4.69) is 6.58 Å². The highest BCUT2D eigenvalue weighted by Gasteiger charge is 1.97.